The van der Waals surface area contributed by atoms with Crippen LogP contribution >= 0.6 is 23.1 Å². The highest BCUT2D eigenvalue weighted by Crippen LogP contribution is 2.29. The predicted molar refractivity (Wildman–Crippen MR) is 124 cm³/mol. The van der Waals surface area contributed by atoms with Gasteiger partial charge in [-0.15, -0.1) is 21.5 Å². The van der Waals surface area contributed by atoms with E-state index in [4.69, 9.17) is 4.42 Å². The van der Waals surface area contributed by atoms with Gasteiger partial charge >= 0.3 is 0 Å². The molecule has 2 unspecified atom stereocenters. The summed E-state index contributed by atoms with van der Waals surface area (Å²) < 4.78 is 5.70. The highest BCUT2D eigenvalue weighted by atomic mass is 32.2. The van der Waals surface area contributed by atoms with Crippen LogP contribution in [0.5, 0.6) is 0 Å². The minimum absolute atomic E-state index is 0.0638. The maximum atomic E-state index is 12.7. The molecule has 0 spiro atoms. The monoisotopic (exact) mass is 460 g/mol. The van der Waals surface area contributed by atoms with E-state index >= 15 is 0 Å². The molecule has 0 fully saturated rings. The molecule has 4 rings (SSSR count). The lowest BCUT2D eigenvalue weighted by molar-refractivity contribution is -0.116. The van der Waals surface area contributed by atoms with Crippen molar-refractivity contribution in [1.82, 2.24) is 15.2 Å². The van der Waals surface area contributed by atoms with Gasteiger partial charge in [0.05, 0.1) is 17.5 Å². The predicted octanol–water partition coefficient (Wildman–Crippen LogP) is 5.51. The highest BCUT2D eigenvalue weighted by molar-refractivity contribution is 7.99. The topological polar surface area (TPSA) is 92.7 Å². The van der Waals surface area contributed by atoms with Crippen LogP contribution in [0.3, 0.4) is 0 Å². The van der Waals surface area contributed by atoms with Crippen LogP contribution in [0, 0.1) is 11.3 Å². The van der Waals surface area contributed by atoms with Crippen LogP contribution in [-0.4, -0.2) is 26.7 Å². The van der Waals surface area contributed by atoms with Crippen molar-refractivity contribution in [3.05, 3.63) is 82.5 Å². The lowest BCUT2D eigenvalue weighted by atomic mass is 9.98. The Morgan fingerprint density at radius 3 is 2.56 bits per heavy atom. The van der Waals surface area contributed by atoms with Crippen molar-refractivity contribution < 1.29 is 9.21 Å². The molecule has 2 aromatic heterocycles. The summed E-state index contributed by atoms with van der Waals surface area (Å²) >= 11 is 2.47. The maximum Gasteiger partial charge on any atom is 0.277 e. The van der Waals surface area contributed by atoms with Gasteiger partial charge in [0, 0.05) is 17.4 Å². The summed E-state index contributed by atoms with van der Waals surface area (Å²) in [5.74, 6) is -0.313. The largest absolute Gasteiger partial charge is 0.416 e. The second-order valence-electron chi connectivity index (χ2n) is 7.23. The van der Waals surface area contributed by atoms with Crippen molar-refractivity contribution in [2.75, 3.05) is 5.75 Å². The van der Waals surface area contributed by atoms with Crippen molar-refractivity contribution >= 4 is 28.9 Å². The van der Waals surface area contributed by atoms with Crippen LogP contribution in [0.4, 0.5) is 0 Å². The number of hydrogen-bond donors (Lipinski definition) is 0. The first-order chi connectivity index (χ1) is 15.6. The Labute approximate surface area is 194 Å². The summed E-state index contributed by atoms with van der Waals surface area (Å²) in [5.41, 5.74) is 2.92. The molecule has 0 aliphatic rings. The number of rotatable bonds is 9. The molecule has 4 aromatic rings. The summed E-state index contributed by atoms with van der Waals surface area (Å²) in [6.07, 6.45) is 0.619. The van der Waals surface area contributed by atoms with Crippen LogP contribution in [-0.2, 0) is 11.2 Å². The van der Waals surface area contributed by atoms with Gasteiger partial charge in [-0.1, -0.05) is 79.3 Å². The molecule has 0 saturated heterocycles. The fraction of sp³-hybridized carbons (Fsp3) is 0.208. The highest BCUT2D eigenvalue weighted by Gasteiger charge is 2.25. The van der Waals surface area contributed by atoms with E-state index in [0.717, 1.165) is 23.0 Å². The van der Waals surface area contributed by atoms with E-state index in [1.165, 1.54) is 16.9 Å². The number of ketones is 1. The molecule has 0 aliphatic carbocycles. The van der Waals surface area contributed by atoms with Gasteiger partial charge in [-0.3, -0.25) is 4.79 Å². The van der Waals surface area contributed by atoms with Crippen molar-refractivity contribution in [2.45, 2.75) is 30.4 Å². The second kappa shape index (κ2) is 10.4. The van der Waals surface area contributed by atoms with Crippen LogP contribution < -0.4 is 0 Å². The molecule has 32 heavy (non-hydrogen) atoms. The minimum Gasteiger partial charge on any atom is -0.416 e. The number of carbonyl (C=O) groups excluding carboxylic acids is 1. The number of nitrogens with zero attached hydrogens (tertiary/aromatic N) is 4. The van der Waals surface area contributed by atoms with Gasteiger partial charge in [0.25, 0.3) is 5.22 Å². The van der Waals surface area contributed by atoms with E-state index in [9.17, 15) is 10.1 Å². The Morgan fingerprint density at radius 1 is 1.12 bits per heavy atom. The lowest BCUT2D eigenvalue weighted by Crippen LogP contribution is -2.13. The Balaban J connectivity index is 1.35. The second-order valence-corrected chi connectivity index (χ2v) is 9.05. The van der Waals surface area contributed by atoms with Gasteiger partial charge < -0.3 is 4.42 Å². The van der Waals surface area contributed by atoms with Gasteiger partial charge in [0.1, 0.15) is 5.01 Å². The van der Waals surface area contributed by atoms with Crippen LogP contribution in [0.2, 0.25) is 0 Å². The third-order valence-corrected chi connectivity index (χ3v) is 6.68. The Kier molecular flexibility index (Phi) is 7.10. The standard InChI is InChI=1S/C24H20N4O2S2/c1-16(17-8-4-2-5-9-17)12-22-27-28-24(30-22)32-15-21(29)19(13-25)23-26-20(14-31-23)18-10-6-3-7-11-18/h2-11,14,16,19H,12,15H2,1H3. The average molecular weight is 461 g/mol. The van der Waals surface area contributed by atoms with E-state index in [-0.39, 0.29) is 17.5 Å². The number of benzene rings is 2. The van der Waals surface area contributed by atoms with E-state index in [1.807, 2.05) is 53.9 Å². The summed E-state index contributed by atoms with van der Waals surface area (Å²) in [5, 5.41) is 20.4. The zero-order valence-electron chi connectivity index (χ0n) is 17.3. The zero-order valence-corrected chi connectivity index (χ0v) is 19.0. The number of Topliss-reactive ketones (excluding diaryl/α,β-unsaturated/α-hetero) is 1. The minimum atomic E-state index is -0.912. The molecule has 2 heterocycles. The van der Waals surface area contributed by atoms with E-state index in [0.29, 0.717) is 22.5 Å². The number of hydrogen-bond acceptors (Lipinski definition) is 8. The quantitative estimate of drug-likeness (QED) is 0.304. The molecule has 0 radical (unpaired) electrons. The Bertz CT molecular complexity index is 1220. The fourth-order valence-corrected chi connectivity index (χ4v) is 4.76. The summed E-state index contributed by atoms with van der Waals surface area (Å²) in [7, 11) is 0. The van der Waals surface area contributed by atoms with Gasteiger partial charge in [-0.2, -0.15) is 5.26 Å². The molecule has 160 valence electrons. The molecule has 0 bridgehead atoms. The van der Waals surface area contributed by atoms with Crippen molar-refractivity contribution in [3.63, 3.8) is 0 Å². The molecule has 0 saturated carbocycles. The molecule has 2 atom stereocenters. The fourth-order valence-electron chi connectivity index (χ4n) is 3.18. The van der Waals surface area contributed by atoms with Gasteiger partial charge in [0.15, 0.2) is 11.7 Å². The normalized spacial score (nSPS) is 12.8. The molecule has 0 amide bonds. The first-order valence-corrected chi connectivity index (χ1v) is 11.9. The molecule has 2 aromatic carbocycles. The number of thioether (sulfide) groups is 1. The molecular weight excluding hydrogens is 440 g/mol. The summed E-state index contributed by atoms with van der Waals surface area (Å²) in [6.45, 7) is 2.10. The first kappa shape index (κ1) is 21.9. The van der Waals surface area contributed by atoms with Crippen LogP contribution in [0.25, 0.3) is 11.3 Å². The van der Waals surface area contributed by atoms with Crippen LogP contribution in [0.15, 0.2) is 75.7 Å². The maximum absolute atomic E-state index is 12.7. The van der Waals surface area contributed by atoms with E-state index < -0.39 is 5.92 Å². The SMILES string of the molecule is CC(Cc1nnc(SCC(=O)C(C#N)c2nc(-c3ccccc3)cs2)o1)c1ccccc1. The number of carbonyl (C=O) groups is 1. The number of nitriles is 1. The summed E-state index contributed by atoms with van der Waals surface area (Å²) in [6, 6.07) is 21.9. The van der Waals surface area contributed by atoms with Gasteiger partial charge in [0.2, 0.25) is 5.89 Å². The zero-order chi connectivity index (χ0) is 22.3. The Morgan fingerprint density at radius 2 is 1.84 bits per heavy atom. The third kappa shape index (κ3) is 5.31. The van der Waals surface area contributed by atoms with Gasteiger partial charge in [-0.25, -0.2) is 4.98 Å². The first-order valence-electron chi connectivity index (χ1n) is 10.1. The number of thiazole rings is 1. The van der Waals surface area contributed by atoms with Crippen molar-refractivity contribution in [3.8, 4) is 17.3 Å². The molecule has 6 nitrogen and oxygen atoms in total. The molecule has 0 aliphatic heterocycles. The lowest BCUT2D eigenvalue weighted by Gasteiger charge is -2.08. The molecular formula is C24H20N4O2S2. The van der Waals surface area contributed by atoms with Crippen molar-refractivity contribution in [1.29, 1.82) is 5.26 Å². The molecule has 8 heteroatoms. The average Bonchev–Trinajstić information content (AvgIpc) is 3.49. The number of aromatic nitrogens is 3. The smallest absolute Gasteiger partial charge is 0.277 e. The van der Waals surface area contributed by atoms with Gasteiger partial charge in [-0.05, 0) is 11.5 Å². The summed E-state index contributed by atoms with van der Waals surface area (Å²) in [4.78, 5) is 17.2. The molecule has 0 N–H and O–H groups in total. The third-order valence-electron chi connectivity index (χ3n) is 4.93. The van der Waals surface area contributed by atoms with Crippen molar-refractivity contribution in [2.24, 2.45) is 0 Å². The Hall–Kier alpha value is -3.28. The van der Waals surface area contributed by atoms with Crippen LogP contribution in [0.1, 0.15) is 35.2 Å². The van der Waals surface area contributed by atoms with E-state index in [2.05, 4.69) is 40.3 Å². The van der Waals surface area contributed by atoms with E-state index in [1.54, 1.807) is 0 Å².